The van der Waals surface area contributed by atoms with Crippen LogP contribution in [0.2, 0.25) is 0 Å². The van der Waals surface area contributed by atoms with Crippen LogP contribution in [-0.4, -0.2) is 34.8 Å². The molecule has 2 amide bonds. The number of amides is 2. The number of anilines is 1. The lowest BCUT2D eigenvalue weighted by Gasteiger charge is -2.32. The standard InChI is InChI=1S/C20H27N3O2/c1-15-6-5-11-21-19(15)22-20(25)17-9-12-23(13-10-17)18(24)14-16-7-3-2-4-8-16/h5-7,11,17H,2-4,8-10,12-14H2,1H3,(H,21,22,25). The highest BCUT2D eigenvalue weighted by molar-refractivity contribution is 5.92. The van der Waals surface area contributed by atoms with E-state index in [1.54, 1.807) is 6.20 Å². The molecule has 134 valence electrons. The third kappa shape index (κ3) is 4.68. The summed E-state index contributed by atoms with van der Waals surface area (Å²) in [6.45, 7) is 3.28. The Morgan fingerprint density at radius 1 is 1.28 bits per heavy atom. The number of carbonyl (C=O) groups is 2. The summed E-state index contributed by atoms with van der Waals surface area (Å²) in [4.78, 5) is 31.0. The van der Waals surface area contributed by atoms with Gasteiger partial charge in [-0.1, -0.05) is 17.7 Å². The Hall–Kier alpha value is -2.17. The maximum Gasteiger partial charge on any atom is 0.228 e. The Bertz CT molecular complexity index is 661. The van der Waals surface area contributed by atoms with Crippen LogP contribution in [0.1, 0.15) is 50.5 Å². The van der Waals surface area contributed by atoms with Gasteiger partial charge in [-0.05, 0) is 57.1 Å². The summed E-state index contributed by atoms with van der Waals surface area (Å²) in [5, 5.41) is 2.93. The van der Waals surface area contributed by atoms with Gasteiger partial charge in [-0.2, -0.15) is 0 Å². The van der Waals surface area contributed by atoms with E-state index in [2.05, 4.69) is 16.4 Å². The third-order valence-electron chi connectivity index (χ3n) is 5.23. The minimum absolute atomic E-state index is 0.0175. The quantitative estimate of drug-likeness (QED) is 0.853. The summed E-state index contributed by atoms with van der Waals surface area (Å²) in [5.74, 6) is 0.825. The molecule has 1 saturated heterocycles. The van der Waals surface area contributed by atoms with Gasteiger partial charge >= 0.3 is 0 Å². The summed E-state index contributed by atoms with van der Waals surface area (Å²) in [7, 11) is 0. The maximum absolute atomic E-state index is 12.5. The van der Waals surface area contributed by atoms with Crippen molar-refractivity contribution in [3.8, 4) is 0 Å². The van der Waals surface area contributed by atoms with E-state index in [1.165, 1.54) is 18.4 Å². The molecule has 0 spiro atoms. The zero-order chi connectivity index (χ0) is 17.6. The Labute approximate surface area is 149 Å². The summed E-state index contributed by atoms with van der Waals surface area (Å²) >= 11 is 0. The lowest BCUT2D eigenvalue weighted by Crippen LogP contribution is -2.41. The first-order chi connectivity index (χ1) is 12.1. The largest absolute Gasteiger partial charge is 0.342 e. The second-order valence-corrected chi connectivity index (χ2v) is 7.10. The minimum atomic E-state index is -0.0423. The van der Waals surface area contributed by atoms with E-state index in [0.717, 1.165) is 31.2 Å². The molecule has 0 saturated carbocycles. The monoisotopic (exact) mass is 341 g/mol. The molecule has 0 atom stereocenters. The molecular formula is C20H27N3O2. The lowest BCUT2D eigenvalue weighted by molar-refractivity contribution is -0.133. The van der Waals surface area contributed by atoms with Crippen molar-refractivity contribution >= 4 is 17.6 Å². The SMILES string of the molecule is Cc1cccnc1NC(=O)C1CCN(C(=O)CC2=CCCCC2)CC1. The molecule has 5 nitrogen and oxygen atoms in total. The van der Waals surface area contributed by atoms with E-state index in [0.29, 0.717) is 25.3 Å². The van der Waals surface area contributed by atoms with Crippen LogP contribution in [0.25, 0.3) is 0 Å². The van der Waals surface area contributed by atoms with Gasteiger partial charge in [0.1, 0.15) is 5.82 Å². The number of aromatic nitrogens is 1. The van der Waals surface area contributed by atoms with Gasteiger partial charge in [0.05, 0.1) is 0 Å². The van der Waals surface area contributed by atoms with Crippen LogP contribution in [-0.2, 0) is 9.59 Å². The molecule has 0 aromatic carbocycles. The predicted molar refractivity (Wildman–Crippen MR) is 98.1 cm³/mol. The molecule has 1 aromatic heterocycles. The van der Waals surface area contributed by atoms with Gasteiger partial charge in [0.2, 0.25) is 11.8 Å². The number of rotatable bonds is 4. The Kier molecular flexibility index (Phi) is 5.84. The normalized spacial score (nSPS) is 18.6. The molecule has 1 aliphatic carbocycles. The number of aryl methyl sites for hydroxylation is 1. The molecule has 1 fully saturated rings. The number of likely N-dealkylation sites (tertiary alicyclic amines) is 1. The molecule has 1 aromatic rings. The number of piperidine rings is 1. The van der Waals surface area contributed by atoms with Gasteiger partial charge in [-0.15, -0.1) is 0 Å². The van der Waals surface area contributed by atoms with Crippen LogP contribution < -0.4 is 5.32 Å². The highest BCUT2D eigenvalue weighted by atomic mass is 16.2. The first-order valence-corrected chi connectivity index (χ1v) is 9.31. The predicted octanol–water partition coefficient (Wildman–Crippen LogP) is 3.46. The summed E-state index contributed by atoms with van der Waals surface area (Å²) in [6, 6.07) is 3.79. The maximum atomic E-state index is 12.5. The Morgan fingerprint density at radius 2 is 2.08 bits per heavy atom. The van der Waals surface area contributed by atoms with Crippen molar-refractivity contribution in [3.05, 3.63) is 35.5 Å². The van der Waals surface area contributed by atoms with Crippen molar-refractivity contribution in [2.75, 3.05) is 18.4 Å². The fourth-order valence-electron chi connectivity index (χ4n) is 3.60. The van der Waals surface area contributed by atoms with E-state index in [9.17, 15) is 9.59 Å². The van der Waals surface area contributed by atoms with Crippen LogP contribution in [0.5, 0.6) is 0 Å². The third-order valence-corrected chi connectivity index (χ3v) is 5.23. The van der Waals surface area contributed by atoms with Gasteiger partial charge < -0.3 is 10.2 Å². The van der Waals surface area contributed by atoms with E-state index >= 15 is 0 Å². The molecule has 2 aliphatic rings. The van der Waals surface area contributed by atoms with Gasteiger partial charge in [0.15, 0.2) is 0 Å². The van der Waals surface area contributed by atoms with Crippen LogP contribution >= 0.6 is 0 Å². The molecule has 3 rings (SSSR count). The highest BCUT2D eigenvalue weighted by Gasteiger charge is 2.28. The Balaban J connectivity index is 1.48. The van der Waals surface area contributed by atoms with Gasteiger partial charge in [0.25, 0.3) is 0 Å². The van der Waals surface area contributed by atoms with Crippen molar-refractivity contribution in [3.63, 3.8) is 0 Å². The average Bonchev–Trinajstić information content (AvgIpc) is 2.64. The first-order valence-electron chi connectivity index (χ1n) is 9.31. The van der Waals surface area contributed by atoms with Crippen molar-refractivity contribution < 1.29 is 9.59 Å². The molecule has 1 N–H and O–H groups in total. The number of carbonyl (C=O) groups excluding carboxylic acids is 2. The number of allylic oxidation sites excluding steroid dienone is 1. The minimum Gasteiger partial charge on any atom is -0.342 e. The zero-order valence-corrected chi connectivity index (χ0v) is 15.0. The van der Waals surface area contributed by atoms with Gasteiger partial charge in [-0.3, -0.25) is 9.59 Å². The van der Waals surface area contributed by atoms with Crippen LogP contribution in [0.3, 0.4) is 0 Å². The summed E-state index contributed by atoms with van der Waals surface area (Å²) < 4.78 is 0. The van der Waals surface area contributed by atoms with Crippen molar-refractivity contribution in [1.29, 1.82) is 0 Å². The van der Waals surface area contributed by atoms with Crippen LogP contribution in [0, 0.1) is 12.8 Å². The second kappa shape index (κ2) is 8.28. The van der Waals surface area contributed by atoms with E-state index < -0.39 is 0 Å². The van der Waals surface area contributed by atoms with E-state index in [4.69, 9.17) is 0 Å². The fourth-order valence-corrected chi connectivity index (χ4v) is 3.60. The number of hydrogen-bond acceptors (Lipinski definition) is 3. The number of nitrogens with zero attached hydrogens (tertiary/aromatic N) is 2. The topological polar surface area (TPSA) is 62.3 Å². The molecule has 0 bridgehead atoms. The van der Waals surface area contributed by atoms with Crippen LogP contribution in [0.4, 0.5) is 5.82 Å². The molecule has 0 radical (unpaired) electrons. The number of pyridine rings is 1. The van der Waals surface area contributed by atoms with Crippen molar-refractivity contribution in [2.45, 2.75) is 51.9 Å². The second-order valence-electron chi connectivity index (χ2n) is 7.10. The van der Waals surface area contributed by atoms with Gasteiger partial charge in [-0.25, -0.2) is 4.98 Å². The van der Waals surface area contributed by atoms with Crippen LogP contribution in [0.15, 0.2) is 30.0 Å². The molecule has 2 heterocycles. The summed E-state index contributed by atoms with van der Waals surface area (Å²) in [5.41, 5.74) is 2.26. The number of nitrogens with one attached hydrogen (secondary N) is 1. The summed E-state index contributed by atoms with van der Waals surface area (Å²) in [6.07, 6.45) is 10.5. The van der Waals surface area contributed by atoms with E-state index in [-0.39, 0.29) is 17.7 Å². The van der Waals surface area contributed by atoms with Crippen molar-refractivity contribution in [2.24, 2.45) is 5.92 Å². The number of hydrogen-bond donors (Lipinski definition) is 1. The fraction of sp³-hybridized carbons (Fsp3) is 0.550. The molecule has 5 heteroatoms. The van der Waals surface area contributed by atoms with Crippen molar-refractivity contribution in [1.82, 2.24) is 9.88 Å². The molecule has 1 aliphatic heterocycles. The average molecular weight is 341 g/mol. The first kappa shape index (κ1) is 17.6. The smallest absolute Gasteiger partial charge is 0.228 e. The van der Waals surface area contributed by atoms with E-state index in [1.807, 2.05) is 24.0 Å². The molecular weight excluding hydrogens is 314 g/mol. The van der Waals surface area contributed by atoms with Gasteiger partial charge in [0, 0.05) is 31.6 Å². The molecule has 25 heavy (non-hydrogen) atoms. The zero-order valence-electron chi connectivity index (χ0n) is 15.0. The lowest BCUT2D eigenvalue weighted by atomic mass is 9.94. The highest BCUT2D eigenvalue weighted by Crippen LogP contribution is 2.24. The Morgan fingerprint density at radius 3 is 2.76 bits per heavy atom. The molecule has 0 unspecified atom stereocenters.